The minimum absolute atomic E-state index is 0.0540. The van der Waals surface area contributed by atoms with E-state index in [-0.39, 0.29) is 24.8 Å². The maximum atomic E-state index is 13.8. The van der Waals surface area contributed by atoms with Crippen molar-refractivity contribution in [3.63, 3.8) is 0 Å². The third kappa shape index (κ3) is 4.43. The first-order valence-electron chi connectivity index (χ1n) is 6.68. The van der Waals surface area contributed by atoms with Crippen molar-refractivity contribution in [2.24, 2.45) is 0 Å². The number of sulfonamides is 1. The first-order chi connectivity index (χ1) is 10.7. The molecule has 128 valence electrons. The number of carbonyl (C=O) groups is 1. The average molecular weight is 353 g/mol. The van der Waals surface area contributed by atoms with Gasteiger partial charge in [-0.15, -0.1) is 0 Å². The van der Waals surface area contributed by atoms with E-state index in [4.69, 9.17) is 5.11 Å². The number of halogens is 3. The molecule has 0 aliphatic heterocycles. The Labute approximate surface area is 130 Å². The quantitative estimate of drug-likeness (QED) is 0.816. The maximum Gasteiger partial charge on any atom is 0.345 e. The van der Waals surface area contributed by atoms with Gasteiger partial charge in [0, 0.05) is 6.04 Å². The molecule has 0 saturated heterocycles. The zero-order chi connectivity index (χ0) is 17.2. The third-order valence-corrected chi connectivity index (χ3v) is 5.02. The number of aromatic carboxylic acids is 1. The topological polar surface area (TPSA) is 92.7 Å². The van der Waals surface area contributed by atoms with E-state index in [0.717, 1.165) is 12.1 Å². The molecule has 10 heteroatoms. The Morgan fingerprint density at radius 2 is 2.04 bits per heavy atom. The standard InChI is InChI=1S/C13H14F3NO5S/c14-10-5-7(12(18)19)1-4-11(10)23(20,21)17-8-2-3-9(6-8)22-13(15)16/h1,4-5,8-9,13,17H,2-3,6H2,(H,18,19). The van der Waals surface area contributed by atoms with Crippen molar-refractivity contribution in [1.29, 1.82) is 0 Å². The Morgan fingerprint density at radius 3 is 2.61 bits per heavy atom. The summed E-state index contributed by atoms with van der Waals surface area (Å²) in [6.45, 7) is -2.93. The fraction of sp³-hybridized carbons (Fsp3) is 0.462. The lowest BCUT2D eigenvalue weighted by Crippen LogP contribution is -2.34. The monoisotopic (exact) mass is 353 g/mol. The van der Waals surface area contributed by atoms with Gasteiger partial charge in [-0.25, -0.2) is 22.3 Å². The molecule has 0 spiro atoms. The molecule has 1 aliphatic carbocycles. The highest BCUT2D eigenvalue weighted by Crippen LogP contribution is 2.26. The van der Waals surface area contributed by atoms with Gasteiger partial charge in [-0.2, -0.15) is 8.78 Å². The van der Waals surface area contributed by atoms with Crippen LogP contribution in [0.25, 0.3) is 0 Å². The number of carboxylic acids is 1. The van der Waals surface area contributed by atoms with Crippen LogP contribution in [0.4, 0.5) is 13.2 Å². The molecule has 0 heterocycles. The second-order valence-electron chi connectivity index (χ2n) is 5.10. The molecule has 2 rings (SSSR count). The highest BCUT2D eigenvalue weighted by Gasteiger charge is 2.31. The molecule has 2 atom stereocenters. The normalized spacial score (nSPS) is 21.7. The Morgan fingerprint density at radius 1 is 1.35 bits per heavy atom. The lowest BCUT2D eigenvalue weighted by molar-refractivity contribution is -0.160. The van der Waals surface area contributed by atoms with Crippen LogP contribution in [-0.4, -0.2) is 38.3 Å². The molecule has 0 aromatic heterocycles. The molecule has 2 N–H and O–H groups in total. The summed E-state index contributed by atoms with van der Waals surface area (Å²) in [5, 5.41) is 8.73. The predicted molar refractivity (Wildman–Crippen MR) is 72.2 cm³/mol. The van der Waals surface area contributed by atoms with Crippen LogP contribution in [0.1, 0.15) is 29.6 Å². The number of nitrogens with one attached hydrogen (secondary N) is 1. The number of benzene rings is 1. The van der Waals surface area contributed by atoms with Gasteiger partial charge >= 0.3 is 12.6 Å². The lowest BCUT2D eigenvalue weighted by Gasteiger charge is -2.14. The largest absolute Gasteiger partial charge is 0.478 e. The van der Waals surface area contributed by atoms with Gasteiger partial charge in [0.25, 0.3) is 0 Å². The number of alkyl halides is 2. The molecule has 1 fully saturated rings. The van der Waals surface area contributed by atoms with E-state index >= 15 is 0 Å². The van der Waals surface area contributed by atoms with Crippen LogP contribution in [0, 0.1) is 5.82 Å². The van der Waals surface area contributed by atoms with Crippen molar-refractivity contribution in [2.45, 2.75) is 42.9 Å². The van der Waals surface area contributed by atoms with Crippen LogP contribution in [-0.2, 0) is 14.8 Å². The van der Waals surface area contributed by atoms with Crippen molar-refractivity contribution < 1.29 is 36.2 Å². The summed E-state index contributed by atoms with van der Waals surface area (Å²) >= 11 is 0. The summed E-state index contributed by atoms with van der Waals surface area (Å²) in [5.41, 5.74) is -0.382. The Hall–Kier alpha value is -1.65. The summed E-state index contributed by atoms with van der Waals surface area (Å²) in [5.74, 6) is -2.58. The van der Waals surface area contributed by atoms with Crippen molar-refractivity contribution in [3.8, 4) is 0 Å². The first-order valence-corrected chi connectivity index (χ1v) is 8.16. The number of hydrogen-bond donors (Lipinski definition) is 2. The van der Waals surface area contributed by atoms with Gasteiger partial charge in [-0.3, -0.25) is 0 Å². The fourth-order valence-corrected chi connectivity index (χ4v) is 3.79. The zero-order valence-corrected chi connectivity index (χ0v) is 12.5. The summed E-state index contributed by atoms with van der Waals surface area (Å²) in [6, 6.07) is 1.77. The smallest absolute Gasteiger partial charge is 0.345 e. The van der Waals surface area contributed by atoms with Crippen molar-refractivity contribution in [1.82, 2.24) is 4.72 Å². The summed E-state index contributed by atoms with van der Waals surface area (Å²) in [6.07, 6.45) is -0.163. The third-order valence-electron chi connectivity index (χ3n) is 3.47. The minimum atomic E-state index is -4.23. The van der Waals surface area contributed by atoms with Gasteiger partial charge < -0.3 is 9.84 Å². The van der Waals surface area contributed by atoms with Crippen LogP contribution in [0.15, 0.2) is 23.1 Å². The Balaban J connectivity index is 2.09. The van der Waals surface area contributed by atoms with Crippen molar-refractivity contribution >= 4 is 16.0 Å². The highest BCUT2D eigenvalue weighted by molar-refractivity contribution is 7.89. The molecule has 0 radical (unpaired) electrons. The zero-order valence-electron chi connectivity index (χ0n) is 11.7. The van der Waals surface area contributed by atoms with Gasteiger partial charge in [-0.05, 0) is 37.5 Å². The van der Waals surface area contributed by atoms with Crippen LogP contribution in [0.5, 0.6) is 0 Å². The molecule has 23 heavy (non-hydrogen) atoms. The van der Waals surface area contributed by atoms with Crippen molar-refractivity contribution in [3.05, 3.63) is 29.6 Å². The first kappa shape index (κ1) is 17.7. The predicted octanol–water partition coefficient (Wildman–Crippen LogP) is 1.96. The van der Waals surface area contributed by atoms with E-state index in [9.17, 15) is 26.4 Å². The molecule has 2 unspecified atom stereocenters. The van der Waals surface area contributed by atoms with Crippen LogP contribution in [0.2, 0.25) is 0 Å². The molecule has 1 aromatic carbocycles. The Bertz CT molecular complexity index is 695. The van der Waals surface area contributed by atoms with E-state index in [1.807, 2.05) is 0 Å². The lowest BCUT2D eigenvalue weighted by atomic mass is 10.2. The van der Waals surface area contributed by atoms with E-state index < -0.39 is 45.5 Å². The van der Waals surface area contributed by atoms with Gasteiger partial charge in [0.05, 0.1) is 11.7 Å². The molecule has 6 nitrogen and oxygen atoms in total. The molecule has 1 aliphatic rings. The van der Waals surface area contributed by atoms with Gasteiger partial charge in [0.15, 0.2) is 0 Å². The number of rotatable bonds is 6. The van der Waals surface area contributed by atoms with E-state index in [1.54, 1.807) is 0 Å². The average Bonchev–Trinajstić information content (AvgIpc) is 2.83. The van der Waals surface area contributed by atoms with Crippen LogP contribution >= 0.6 is 0 Å². The number of hydrogen-bond acceptors (Lipinski definition) is 4. The Kier molecular flexibility index (Phi) is 5.27. The van der Waals surface area contributed by atoms with Gasteiger partial charge in [-0.1, -0.05) is 0 Å². The molecular formula is C13H14F3NO5S. The van der Waals surface area contributed by atoms with E-state index in [2.05, 4.69) is 9.46 Å². The minimum Gasteiger partial charge on any atom is -0.478 e. The van der Waals surface area contributed by atoms with Crippen LogP contribution < -0.4 is 4.72 Å². The molecule has 0 amide bonds. The number of carboxylic acid groups (broad SMARTS) is 1. The van der Waals surface area contributed by atoms with Crippen LogP contribution in [0.3, 0.4) is 0 Å². The highest BCUT2D eigenvalue weighted by atomic mass is 32.2. The number of ether oxygens (including phenoxy) is 1. The van der Waals surface area contributed by atoms with E-state index in [1.165, 1.54) is 0 Å². The maximum absolute atomic E-state index is 13.8. The SMILES string of the molecule is O=C(O)c1ccc(S(=O)(=O)NC2CCC(OC(F)F)C2)c(F)c1. The fourth-order valence-electron chi connectivity index (χ4n) is 2.45. The summed E-state index contributed by atoms with van der Waals surface area (Å²) < 4.78 is 68.9. The van der Waals surface area contributed by atoms with Gasteiger partial charge in [0.1, 0.15) is 10.7 Å². The molecular weight excluding hydrogens is 339 g/mol. The second kappa shape index (κ2) is 6.85. The molecule has 0 bridgehead atoms. The van der Waals surface area contributed by atoms with Gasteiger partial charge in [0.2, 0.25) is 10.0 Å². The second-order valence-corrected chi connectivity index (χ2v) is 6.78. The molecule has 1 aromatic rings. The molecule has 1 saturated carbocycles. The van der Waals surface area contributed by atoms with Crippen molar-refractivity contribution in [2.75, 3.05) is 0 Å². The summed E-state index contributed by atoms with van der Waals surface area (Å²) in [4.78, 5) is 10.0. The van der Waals surface area contributed by atoms with E-state index in [0.29, 0.717) is 6.07 Å². The summed E-state index contributed by atoms with van der Waals surface area (Å²) in [7, 11) is -4.23.